The predicted molar refractivity (Wildman–Crippen MR) is 77.1 cm³/mol. The second-order valence-corrected chi connectivity index (χ2v) is 5.16. The summed E-state index contributed by atoms with van der Waals surface area (Å²) >= 11 is 0. The minimum absolute atomic E-state index is 0.569. The highest BCUT2D eigenvalue weighted by molar-refractivity contribution is 5.68. The van der Waals surface area contributed by atoms with E-state index in [1.54, 1.807) is 7.11 Å². The number of benzene rings is 1. The lowest BCUT2D eigenvalue weighted by atomic mass is 9.83. The molecule has 3 nitrogen and oxygen atoms in total. The zero-order chi connectivity index (χ0) is 13.0. The lowest BCUT2D eigenvalue weighted by molar-refractivity contribution is 0.317. The van der Waals surface area contributed by atoms with E-state index in [2.05, 4.69) is 12.2 Å². The fourth-order valence-corrected chi connectivity index (χ4v) is 2.89. The first kappa shape index (κ1) is 13.1. The molecule has 0 saturated heterocycles. The van der Waals surface area contributed by atoms with Crippen molar-refractivity contribution in [2.75, 3.05) is 18.2 Å². The van der Waals surface area contributed by atoms with Gasteiger partial charge in [-0.25, -0.2) is 0 Å². The molecule has 100 valence electrons. The van der Waals surface area contributed by atoms with Crippen LogP contribution >= 0.6 is 0 Å². The van der Waals surface area contributed by atoms with E-state index in [0.29, 0.717) is 6.04 Å². The molecule has 1 aliphatic carbocycles. The average Bonchev–Trinajstić information content (AvgIpc) is 2.41. The van der Waals surface area contributed by atoms with Crippen molar-refractivity contribution in [3.8, 4) is 5.75 Å². The molecule has 1 aromatic rings. The number of rotatable bonds is 4. The highest BCUT2D eigenvalue weighted by Crippen LogP contribution is 2.32. The lowest BCUT2D eigenvalue weighted by Crippen LogP contribution is -2.32. The number of nitrogens with one attached hydrogen (secondary N) is 1. The van der Waals surface area contributed by atoms with E-state index in [1.165, 1.54) is 32.1 Å². The minimum Gasteiger partial charge on any atom is -0.497 e. The number of nitrogens with two attached hydrogens (primary N) is 1. The molecule has 1 aromatic carbocycles. The fourth-order valence-electron chi connectivity index (χ4n) is 2.89. The van der Waals surface area contributed by atoms with Crippen LogP contribution in [0.25, 0.3) is 0 Å². The summed E-state index contributed by atoms with van der Waals surface area (Å²) in [6.07, 6.45) is 6.53. The Morgan fingerprint density at radius 1 is 1.33 bits per heavy atom. The molecule has 1 fully saturated rings. The van der Waals surface area contributed by atoms with Crippen LogP contribution in [0.1, 0.15) is 39.0 Å². The molecule has 0 spiro atoms. The van der Waals surface area contributed by atoms with E-state index in [0.717, 1.165) is 23.0 Å². The number of nitrogen functional groups attached to an aromatic ring is 1. The Morgan fingerprint density at radius 2 is 2.11 bits per heavy atom. The standard InChI is InChI=1S/C15H24N2O/c1-3-11-6-4-5-7-14(11)17-15-9-8-12(18-2)10-13(15)16/h8-11,14,17H,3-7,16H2,1-2H3. The van der Waals surface area contributed by atoms with Crippen LogP contribution in [0, 0.1) is 5.92 Å². The van der Waals surface area contributed by atoms with Gasteiger partial charge in [0.1, 0.15) is 5.75 Å². The summed E-state index contributed by atoms with van der Waals surface area (Å²) in [5.74, 6) is 1.59. The van der Waals surface area contributed by atoms with Crippen LogP contribution in [-0.2, 0) is 0 Å². The Labute approximate surface area is 110 Å². The van der Waals surface area contributed by atoms with Crippen molar-refractivity contribution in [3.05, 3.63) is 18.2 Å². The first-order chi connectivity index (χ1) is 8.74. The molecule has 1 aliphatic rings. The van der Waals surface area contributed by atoms with Gasteiger partial charge in [-0.15, -0.1) is 0 Å². The van der Waals surface area contributed by atoms with E-state index < -0.39 is 0 Å². The third-order valence-electron chi connectivity index (χ3n) is 4.03. The molecule has 3 heteroatoms. The van der Waals surface area contributed by atoms with Crippen molar-refractivity contribution in [1.82, 2.24) is 0 Å². The van der Waals surface area contributed by atoms with E-state index in [-0.39, 0.29) is 0 Å². The molecule has 1 saturated carbocycles. The third kappa shape index (κ3) is 2.89. The molecule has 0 radical (unpaired) electrons. The van der Waals surface area contributed by atoms with E-state index in [4.69, 9.17) is 10.5 Å². The van der Waals surface area contributed by atoms with Crippen LogP contribution in [0.3, 0.4) is 0 Å². The van der Waals surface area contributed by atoms with Gasteiger partial charge in [-0.2, -0.15) is 0 Å². The molecule has 0 aliphatic heterocycles. The van der Waals surface area contributed by atoms with Gasteiger partial charge < -0.3 is 15.8 Å². The van der Waals surface area contributed by atoms with Gasteiger partial charge in [0.15, 0.2) is 0 Å². The average molecular weight is 248 g/mol. The molecule has 2 rings (SSSR count). The summed E-state index contributed by atoms with van der Waals surface area (Å²) in [7, 11) is 1.66. The number of hydrogen-bond donors (Lipinski definition) is 2. The second kappa shape index (κ2) is 5.98. The third-order valence-corrected chi connectivity index (χ3v) is 4.03. The fraction of sp³-hybridized carbons (Fsp3) is 0.600. The topological polar surface area (TPSA) is 47.3 Å². The van der Waals surface area contributed by atoms with Crippen LogP contribution in [0.2, 0.25) is 0 Å². The quantitative estimate of drug-likeness (QED) is 0.799. The van der Waals surface area contributed by atoms with Gasteiger partial charge in [-0.1, -0.05) is 26.2 Å². The van der Waals surface area contributed by atoms with Crippen molar-refractivity contribution in [2.45, 2.75) is 45.1 Å². The van der Waals surface area contributed by atoms with Gasteiger partial charge in [-0.3, -0.25) is 0 Å². The molecular formula is C15H24N2O. The van der Waals surface area contributed by atoms with Crippen LogP contribution in [-0.4, -0.2) is 13.2 Å². The number of hydrogen-bond acceptors (Lipinski definition) is 3. The maximum absolute atomic E-state index is 6.06. The Hall–Kier alpha value is -1.38. The van der Waals surface area contributed by atoms with E-state index in [1.807, 2.05) is 18.2 Å². The monoisotopic (exact) mass is 248 g/mol. The minimum atomic E-state index is 0.569. The largest absolute Gasteiger partial charge is 0.497 e. The Morgan fingerprint density at radius 3 is 2.78 bits per heavy atom. The Balaban J connectivity index is 2.07. The highest BCUT2D eigenvalue weighted by atomic mass is 16.5. The van der Waals surface area contributed by atoms with Crippen LogP contribution in [0.4, 0.5) is 11.4 Å². The van der Waals surface area contributed by atoms with Crippen LogP contribution in [0.15, 0.2) is 18.2 Å². The summed E-state index contributed by atoms with van der Waals surface area (Å²) in [4.78, 5) is 0. The van der Waals surface area contributed by atoms with Gasteiger partial charge in [0, 0.05) is 12.1 Å². The Bertz CT molecular complexity index is 392. The molecule has 2 unspecified atom stereocenters. The molecule has 3 N–H and O–H groups in total. The lowest BCUT2D eigenvalue weighted by Gasteiger charge is -2.32. The van der Waals surface area contributed by atoms with E-state index >= 15 is 0 Å². The van der Waals surface area contributed by atoms with Crippen molar-refractivity contribution < 1.29 is 4.74 Å². The van der Waals surface area contributed by atoms with Gasteiger partial charge in [0.05, 0.1) is 18.5 Å². The molecule has 0 bridgehead atoms. The molecular weight excluding hydrogens is 224 g/mol. The zero-order valence-corrected chi connectivity index (χ0v) is 11.4. The van der Waals surface area contributed by atoms with E-state index in [9.17, 15) is 0 Å². The van der Waals surface area contributed by atoms with Crippen molar-refractivity contribution in [2.24, 2.45) is 5.92 Å². The second-order valence-electron chi connectivity index (χ2n) is 5.16. The number of anilines is 2. The molecule has 2 atom stereocenters. The molecule has 18 heavy (non-hydrogen) atoms. The maximum Gasteiger partial charge on any atom is 0.121 e. The van der Waals surface area contributed by atoms with Gasteiger partial charge >= 0.3 is 0 Å². The maximum atomic E-state index is 6.06. The first-order valence-corrected chi connectivity index (χ1v) is 6.94. The summed E-state index contributed by atoms with van der Waals surface area (Å²) < 4.78 is 5.17. The van der Waals surface area contributed by atoms with Gasteiger partial charge in [0.25, 0.3) is 0 Å². The van der Waals surface area contributed by atoms with Crippen molar-refractivity contribution >= 4 is 11.4 Å². The highest BCUT2D eigenvalue weighted by Gasteiger charge is 2.23. The summed E-state index contributed by atoms with van der Waals surface area (Å²) in [5, 5.41) is 3.62. The number of ether oxygens (including phenoxy) is 1. The first-order valence-electron chi connectivity index (χ1n) is 6.94. The van der Waals surface area contributed by atoms with Crippen LogP contribution < -0.4 is 15.8 Å². The summed E-state index contributed by atoms with van der Waals surface area (Å²) in [5.41, 5.74) is 7.87. The zero-order valence-electron chi connectivity index (χ0n) is 11.4. The van der Waals surface area contributed by atoms with Crippen LogP contribution in [0.5, 0.6) is 5.75 Å². The molecule has 0 amide bonds. The van der Waals surface area contributed by atoms with Crippen molar-refractivity contribution in [1.29, 1.82) is 0 Å². The number of methoxy groups -OCH3 is 1. The predicted octanol–water partition coefficient (Wildman–Crippen LogP) is 3.66. The SMILES string of the molecule is CCC1CCCCC1Nc1ccc(OC)cc1N. The van der Waals surface area contributed by atoms with Gasteiger partial charge in [0.2, 0.25) is 0 Å². The molecule has 0 aromatic heterocycles. The summed E-state index contributed by atoms with van der Waals surface area (Å²) in [6, 6.07) is 6.43. The van der Waals surface area contributed by atoms with Crippen molar-refractivity contribution in [3.63, 3.8) is 0 Å². The summed E-state index contributed by atoms with van der Waals surface area (Å²) in [6.45, 7) is 2.28. The molecule has 0 heterocycles. The van der Waals surface area contributed by atoms with Gasteiger partial charge in [-0.05, 0) is 30.9 Å². The Kier molecular flexibility index (Phi) is 4.34. The smallest absolute Gasteiger partial charge is 0.121 e. The normalized spacial score (nSPS) is 23.7.